The molecule has 21 heavy (non-hydrogen) atoms. The van der Waals surface area contributed by atoms with E-state index in [-0.39, 0.29) is 5.82 Å². The van der Waals surface area contributed by atoms with E-state index in [2.05, 4.69) is 34.2 Å². The van der Waals surface area contributed by atoms with Crippen LogP contribution in [0.5, 0.6) is 5.75 Å². The number of benzene rings is 2. The van der Waals surface area contributed by atoms with Crippen LogP contribution >= 0.6 is 15.9 Å². The zero-order valence-corrected chi connectivity index (χ0v) is 13.8. The molecular formula is C17H19BrFNO. The van der Waals surface area contributed by atoms with Crippen molar-refractivity contribution in [2.75, 3.05) is 7.11 Å². The van der Waals surface area contributed by atoms with Crippen molar-refractivity contribution in [3.63, 3.8) is 0 Å². The molecule has 0 spiro atoms. The summed E-state index contributed by atoms with van der Waals surface area (Å²) in [6.45, 7) is 2.83. The van der Waals surface area contributed by atoms with Gasteiger partial charge in [-0.2, -0.15) is 0 Å². The minimum absolute atomic E-state index is 0.235. The van der Waals surface area contributed by atoms with Crippen LogP contribution in [0.2, 0.25) is 0 Å². The van der Waals surface area contributed by atoms with Gasteiger partial charge in [-0.15, -0.1) is 0 Å². The van der Waals surface area contributed by atoms with Crippen LogP contribution in [0.15, 0.2) is 46.9 Å². The van der Waals surface area contributed by atoms with Crippen LogP contribution in [-0.2, 0) is 13.0 Å². The van der Waals surface area contributed by atoms with Crippen molar-refractivity contribution >= 4 is 15.9 Å². The summed E-state index contributed by atoms with van der Waals surface area (Å²) >= 11 is 3.21. The maximum absolute atomic E-state index is 13.2. The largest absolute Gasteiger partial charge is 0.496 e. The van der Waals surface area contributed by atoms with Crippen molar-refractivity contribution in [2.45, 2.75) is 25.9 Å². The van der Waals surface area contributed by atoms with Crippen LogP contribution < -0.4 is 10.1 Å². The molecule has 1 atom stereocenters. The third-order valence-electron chi connectivity index (χ3n) is 3.36. The number of rotatable bonds is 6. The molecule has 112 valence electrons. The Labute approximate surface area is 133 Å². The number of nitrogens with one attached hydrogen (secondary N) is 1. The predicted molar refractivity (Wildman–Crippen MR) is 87.1 cm³/mol. The monoisotopic (exact) mass is 351 g/mol. The highest BCUT2D eigenvalue weighted by Gasteiger charge is 2.08. The first-order valence-corrected chi connectivity index (χ1v) is 7.68. The summed E-state index contributed by atoms with van der Waals surface area (Å²) in [5.74, 6) is 0.677. The van der Waals surface area contributed by atoms with Crippen LogP contribution in [0.25, 0.3) is 0 Å². The van der Waals surface area contributed by atoms with E-state index in [1.165, 1.54) is 11.6 Å². The van der Waals surface area contributed by atoms with E-state index in [1.54, 1.807) is 19.2 Å². The summed E-state index contributed by atoms with van der Waals surface area (Å²) in [5, 5.41) is 3.45. The van der Waals surface area contributed by atoms with Crippen molar-refractivity contribution in [3.05, 3.63) is 63.9 Å². The van der Waals surface area contributed by atoms with Crippen LogP contribution in [0.3, 0.4) is 0 Å². The average molecular weight is 352 g/mol. The standard InChI is InChI=1S/C17H19BrFNO/c1-12(9-14-5-3-4-6-17(14)21-2)20-11-13-7-8-16(19)15(18)10-13/h3-8,10,12,20H,9,11H2,1-2H3. The molecule has 2 aromatic rings. The summed E-state index contributed by atoms with van der Waals surface area (Å²) in [7, 11) is 1.69. The van der Waals surface area contributed by atoms with Gasteiger partial charge in [-0.3, -0.25) is 0 Å². The highest BCUT2D eigenvalue weighted by Crippen LogP contribution is 2.19. The molecule has 0 bridgehead atoms. The summed E-state index contributed by atoms with van der Waals surface area (Å²) in [4.78, 5) is 0. The smallest absolute Gasteiger partial charge is 0.137 e. The number of halogens is 2. The molecule has 0 aliphatic carbocycles. The molecule has 0 aliphatic rings. The van der Waals surface area contributed by atoms with Gasteiger partial charge in [-0.05, 0) is 58.6 Å². The van der Waals surface area contributed by atoms with Gasteiger partial charge in [0.1, 0.15) is 11.6 Å². The molecule has 4 heteroatoms. The van der Waals surface area contributed by atoms with E-state index >= 15 is 0 Å². The van der Waals surface area contributed by atoms with E-state index in [9.17, 15) is 4.39 Å². The number of methoxy groups -OCH3 is 1. The molecule has 2 rings (SSSR count). The van der Waals surface area contributed by atoms with Crippen LogP contribution in [-0.4, -0.2) is 13.2 Å². The lowest BCUT2D eigenvalue weighted by atomic mass is 10.1. The highest BCUT2D eigenvalue weighted by atomic mass is 79.9. The van der Waals surface area contributed by atoms with Gasteiger partial charge in [0.25, 0.3) is 0 Å². The molecule has 1 N–H and O–H groups in total. The summed E-state index contributed by atoms with van der Waals surface area (Å²) in [6.07, 6.45) is 0.881. The van der Waals surface area contributed by atoms with Crippen LogP contribution in [0.1, 0.15) is 18.1 Å². The predicted octanol–water partition coefficient (Wildman–Crippen LogP) is 4.32. The van der Waals surface area contributed by atoms with E-state index in [0.29, 0.717) is 17.1 Å². The molecule has 0 heterocycles. The van der Waals surface area contributed by atoms with Crippen molar-refractivity contribution in [3.8, 4) is 5.75 Å². The van der Waals surface area contributed by atoms with E-state index in [1.807, 2.05) is 18.2 Å². The molecule has 0 fully saturated rings. The zero-order chi connectivity index (χ0) is 15.2. The molecule has 2 nitrogen and oxygen atoms in total. The Bertz CT molecular complexity index is 603. The number of ether oxygens (including phenoxy) is 1. The normalized spacial score (nSPS) is 12.2. The first-order chi connectivity index (χ1) is 10.1. The Balaban J connectivity index is 1.92. The zero-order valence-electron chi connectivity index (χ0n) is 12.2. The lowest BCUT2D eigenvalue weighted by Crippen LogP contribution is -2.27. The SMILES string of the molecule is COc1ccccc1CC(C)NCc1ccc(F)c(Br)c1. The minimum Gasteiger partial charge on any atom is -0.496 e. The summed E-state index contributed by atoms with van der Waals surface area (Å²) < 4.78 is 19.0. The van der Waals surface area contributed by atoms with Gasteiger partial charge < -0.3 is 10.1 Å². The van der Waals surface area contributed by atoms with Gasteiger partial charge in [0.2, 0.25) is 0 Å². The summed E-state index contributed by atoms with van der Waals surface area (Å²) in [5.41, 5.74) is 2.23. The van der Waals surface area contributed by atoms with Crippen molar-refractivity contribution in [2.24, 2.45) is 0 Å². The second-order valence-electron chi connectivity index (χ2n) is 5.05. The third kappa shape index (κ3) is 4.55. The number of hydrogen-bond donors (Lipinski definition) is 1. The molecule has 0 amide bonds. The Kier molecular flexibility index (Phi) is 5.76. The molecule has 0 saturated carbocycles. The molecular weight excluding hydrogens is 333 g/mol. The van der Waals surface area contributed by atoms with E-state index < -0.39 is 0 Å². The maximum Gasteiger partial charge on any atom is 0.137 e. The van der Waals surface area contributed by atoms with Crippen molar-refractivity contribution in [1.82, 2.24) is 5.32 Å². The van der Waals surface area contributed by atoms with Crippen LogP contribution in [0, 0.1) is 5.82 Å². The van der Waals surface area contributed by atoms with Gasteiger partial charge in [0.05, 0.1) is 11.6 Å². The second-order valence-corrected chi connectivity index (χ2v) is 5.90. The van der Waals surface area contributed by atoms with Gasteiger partial charge in [-0.1, -0.05) is 24.3 Å². The summed E-state index contributed by atoms with van der Waals surface area (Å²) in [6, 6.07) is 13.4. The molecule has 0 saturated heterocycles. The Morgan fingerprint density at radius 1 is 1.24 bits per heavy atom. The van der Waals surface area contributed by atoms with Gasteiger partial charge in [-0.25, -0.2) is 4.39 Å². The first-order valence-electron chi connectivity index (χ1n) is 6.89. The molecule has 0 aliphatic heterocycles. The molecule has 0 aromatic heterocycles. The van der Waals surface area contributed by atoms with E-state index in [0.717, 1.165) is 17.7 Å². The van der Waals surface area contributed by atoms with Gasteiger partial charge >= 0.3 is 0 Å². The highest BCUT2D eigenvalue weighted by molar-refractivity contribution is 9.10. The third-order valence-corrected chi connectivity index (χ3v) is 3.96. The molecule has 1 unspecified atom stereocenters. The van der Waals surface area contributed by atoms with E-state index in [4.69, 9.17) is 4.74 Å². The lowest BCUT2D eigenvalue weighted by Gasteiger charge is -2.16. The minimum atomic E-state index is -0.235. The maximum atomic E-state index is 13.2. The Morgan fingerprint density at radius 3 is 2.71 bits per heavy atom. The van der Waals surface area contributed by atoms with Crippen LogP contribution in [0.4, 0.5) is 4.39 Å². The Hall–Kier alpha value is -1.39. The van der Waals surface area contributed by atoms with Crippen molar-refractivity contribution in [1.29, 1.82) is 0 Å². The van der Waals surface area contributed by atoms with Crippen molar-refractivity contribution < 1.29 is 9.13 Å². The molecule has 2 aromatic carbocycles. The first kappa shape index (κ1) is 16.0. The Morgan fingerprint density at radius 2 is 2.00 bits per heavy atom. The topological polar surface area (TPSA) is 21.3 Å². The molecule has 0 radical (unpaired) electrons. The van der Waals surface area contributed by atoms with Gasteiger partial charge in [0.15, 0.2) is 0 Å². The second kappa shape index (κ2) is 7.57. The fourth-order valence-electron chi connectivity index (χ4n) is 2.22. The number of hydrogen-bond acceptors (Lipinski definition) is 2. The fourth-order valence-corrected chi connectivity index (χ4v) is 2.64. The average Bonchev–Trinajstić information content (AvgIpc) is 2.49. The lowest BCUT2D eigenvalue weighted by molar-refractivity contribution is 0.406. The quantitative estimate of drug-likeness (QED) is 0.836. The number of para-hydroxylation sites is 1. The fraction of sp³-hybridized carbons (Fsp3) is 0.294. The van der Waals surface area contributed by atoms with Gasteiger partial charge in [0, 0.05) is 12.6 Å².